The van der Waals surface area contributed by atoms with Crippen molar-refractivity contribution >= 4 is 0 Å². The van der Waals surface area contributed by atoms with Gasteiger partial charge in [-0.1, -0.05) is 0 Å². The van der Waals surface area contributed by atoms with Crippen molar-refractivity contribution in [2.45, 2.75) is 37.3 Å². The molecule has 1 saturated carbocycles. The highest BCUT2D eigenvalue weighted by Crippen LogP contribution is 2.32. The van der Waals surface area contributed by atoms with Crippen LogP contribution < -0.4 is 11.1 Å². The number of hydrogen-bond acceptors (Lipinski definition) is 2. The highest BCUT2D eigenvalue weighted by atomic mass is 19.4. The Morgan fingerprint density at radius 2 is 2.08 bits per heavy atom. The van der Waals surface area contributed by atoms with Gasteiger partial charge in [-0.2, -0.15) is 13.2 Å². The van der Waals surface area contributed by atoms with E-state index in [1.54, 1.807) is 0 Å². The molecule has 2 atom stereocenters. The van der Waals surface area contributed by atoms with Gasteiger partial charge < -0.3 is 5.73 Å². The third-order valence-corrected chi connectivity index (χ3v) is 2.20. The van der Waals surface area contributed by atoms with Crippen molar-refractivity contribution in [1.82, 2.24) is 5.32 Å². The summed E-state index contributed by atoms with van der Waals surface area (Å²) in [5, 5.41) is 1.19. The summed E-state index contributed by atoms with van der Waals surface area (Å²) in [7, 11) is 0. The number of halogens is 4. The first-order valence-electron chi connectivity index (χ1n) is 4.07. The summed E-state index contributed by atoms with van der Waals surface area (Å²) in [6.07, 6.45) is -3.94. The van der Waals surface area contributed by atoms with E-state index in [2.05, 4.69) is 0 Å². The van der Waals surface area contributed by atoms with Crippen molar-refractivity contribution in [3.63, 3.8) is 0 Å². The van der Waals surface area contributed by atoms with Gasteiger partial charge in [-0.3, -0.25) is 0 Å². The Hall–Kier alpha value is -0.360. The molecule has 1 aliphatic carbocycles. The fourth-order valence-electron chi connectivity index (χ4n) is 1.54. The molecule has 0 aliphatic heterocycles. The van der Waals surface area contributed by atoms with Gasteiger partial charge in [0, 0.05) is 12.6 Å². The molecule has 0 heterocycles. The first kappa shape index (κ1) is 10.7. The zero-order valence-electron chi connectivity index (χ0n) is 6.99. The Morgan fingerprint density at radius 1 is 1.46 bits per heavy atom. The largest absolute Gasteiger partial charge is 0.457 e. The molecule has 6 heteroatoms. The molecule has 2 unspecified atom stereocenters. The molecule has 0 amide bonds. The zero-order chi connectivity index (χ0) is 10.1. The van der Waals surface area contributed by atoms with Crippen LogP contribution in [0.2, 0.25) is 0 Å². The Bertz CT molecular complexity index is 182. The van der Waals surface area contributed by atoms with Crippen LogP contribution >= 0.6 is 0 Å². The van der Waals surface area contributed by atoms with Crippen LogP contribution in [0.1, 0.15) is 19.3 Å². The number of nitrogens with one attached hydrogen (secondary N) is 1. The molecule has 0 aromatic carbocycles. The van der Waals surface area contributed by atoms with Gasteiger partial charge in [0.2, 0.25) is 0 Å². The lowest BCUT2D eigenvalue weighted by Gasteiger charge is -2.20. The molecule has 0 saturated heterocycles. The predicted molar refractivity (Wildman–Crippen MR) is 39.7 cm³/mol. The Labute approximate surface area is 73.5 Å². The van der Waals surface area contributed by atoms with E-state index in [-0.39, 0.29) is 18.9 Å². The monoisotopic (exact) mass is 200 g/mol. The molecule has 0 aromatic heterocycles. The molecule has 78 valence electrons. The van der Waals surface area contributed by atoms with E-state index in [4.69, 9.17) is 5.73 Å². The van der Waals surface area contributed by atoms with E-state index in [1.807, 2.05) is 0 Å². The van der Waals surface area contributed by atoms with Crippen LogP contribution in [0, 0.1) is 0 Å². The average Bonchev–Trinajstić information content (AvgIpc) is 2.27. The Morgan fingerprint density at radius 3 is 2.46 bits per heavy atom. The number of alkyl halides is 4. The fraction of sp³-hybridized carbons (Fsp3) is 1.00. The Kier molecular flexibility index (Phi) is 2.82. The summed E-state index contributed by atoms with van der Waals surface area (Å²) < 4.78 is 48.5. The van der Waals surface area contributed by atoms with Crippen LogP contribution in [0.25, 0.3) is 0 Å². The average molecular weight is 200 g/mol. The van der Waals surface area contributed by atoms with E-state index in [0.29, 0.717) is 6.42 Å². The lowest BCUT2D eigenvalue weighted by Crippen LogP contribution is -2.42. The van der Waals surface area contributed by atoms with Gasteiger partial charge in [0.1, 0.15) is 5.67 Å². The molecular weight excluding hydrogens is 188 g/mol. The SMILES string of the molecule is NC1CCC(F)(CNC(F)(F)F)C1. The van der Waals surface area contributed by atoms with Gasteiger partial charge in [-0.15, -0.1) is 0 Å². The molecule has 1 rings (SSSR count). The lowest BCUT2D eigenvalue weighted by atomic mass is 10.1. The van der Waals surface area contributed by atoms with Crippen LogP contribution in [0.3, 0.4) is 0 Å². The van der Waals surface area contributed by atoms with Crippen molar-refractivity contribution in [1.29, 1.82) is 0 Å². The topological polar surface area (TPSA) is 38.0 Å². The van der Waals surface area contributed by atoms with Crippen molar-refractivity contribution in [2.24, 2.45) is 5.73 Å². The highest BCUT2D eigenvalue weighted by Gasteiger charge is 2.40. The normalized spacial score (nSPS) is 35.3. The third kappa shape index (κ3) is 3.48. The van der Waals surface area contributed by atoms with Crippen LogP contribution in [0.15, 0.2) is 0 Å². The predicted octanol–water partition coefficient (Wildman–Crippen LogP) is 1.32. The van der Waals surface area contributed by atoms with Crippen LogP contribution in [-0.2, 0) is 0 Å². The van der Waals surface area contributed by atoms with Gasteiger partial charge in [-0.25, -0.2) is 9.71 Å². The van der Waals surface area contributed by atoms with E-state index in [0.717, 1.165) is 0 Å². The Balaban J connectivity index is 2.36. The van der Waals surface area contributed by atoms with Crippen molar-refractivity contribution in [3.8, 4) is 0 Å². The first-order chi connectivity index (χ1) is 5.81. The van der Waals surface area contributed by atoms with Crippen molar-refractivity contribution in [2.75, 3.05) is 6.54 Å². The van der Waals surface area contributed by atoms with E-state index < -0.39 is 18.5 Å². The summed E-state index contributed by atoms with van der Waals surface area (Å²) in [6.45, 7) is -0.690. The summed E-state index contributed by atoms with van der Waals surface area (Å²) >= 11 is 0. The third-order valence-electron chi connectivity index (χ3n) is 2.20. The molecule has 0 bridgehead atoms. The van der Waals surface area contributed by atoms with Crippen molar-refractivity contribution < 1.29 is 17.6 Å². The molecule has 1 aliphatic rings. The summed E-state index contributed by atoms with van der Waals surface area (Å²) in [5.74, 6) is 0. The molecular formula is C7H12F4N2. The maximum Gasteiger partial charge on any atom is 0.457 e. The summed E-state index contributed by atoms with van der Waals surface area (Å²) in [5.41, 5.74) is 3.62. The standard InChI is InChI=1S/C7H12F4N2/c8-6(2-1-5(12)3-6)4-13-7(9,10)11/h5,13H,1-4,12H2. The van der Waals surface area contributed by atoms with Gasteiger partial charge in [0.25, 0.3) is 0 Å². The second-order valence-corrected chi connectivity index (χ2v) is 3.51. The van der Waals surface area contributed by atoms with Gasteiger partial charge in [0.05, 0.1) is 0 Å². The molecule has 0 spiro atoms. The zero-order valence-corrected chi connectivity index (χ0v) is 6.99. The minimum atomic E-state index is -4.51. The second kappa shape index (κ2) is 3.42. The number of nitrogens with two attached hydrogens (primary N) is 1. The second-order valence-electron chi connectivity index (χ2n) is 3.51. The van der Waals surface area contributed by atoms with Gasteiger partial charge in [0.15, 0.2) is 0 Å². The van der Waals surface area contributed by atoms with Crippen LogP contribution in [0.4, 0.5) is 17.6 Å². The molecule has 1 fully saturated rings. The molecule has 13 heavy (non-hydrogen) atoms. The fourth-order valence-corrected chi connectivity index (χ4v) is 1.54. The smallest absolute Gasteiger partial charge is 0.328 e. The summed E-state index contributed by atoms with van der Waals surface area (Å²) in [4.78, 5) is 0. The maximum absolute atomic E-state index is 13.5. The minimum absolute atomic E-state index is 0.0100. The minimum Gasteiger partial charge on any atom is -0.328 e. The van der Waals surface area contributed by atoms with E-state index in [1.165, 1.54) is 5.32 Å². The quantitative estimate of drug-likeness (QED) is 0.521. The van der Waals surface area contributed by atoms with Gasteiger partial charge >= 0.3 is 6.30 Å². The molecule has 3 N–H and O–H groups in total. The van der Waals surface area contributed by atoms with Crippen molar-refractivity contribution in [3.05, 3.63) is 0 Å². The van der Waals surface area contributed by atoms with E-state index in [9.17, 15) is 17.6 Å². The van der Waals surface area contributed by atoms with Crippen LogP contribution in [-0.4, -0.2) is 24.6 Å². The summed E-state index contributed by atoms with van der Waals surface area (Å²) in [6, 6.07) is -0.306. The van der Waals surface area contributed by atoms with E-state index >= 15 is 0 Å². The maximum atomic E-state index is 13.5. The number of hydrogen-bond donors (Lipinski definition) is 2. The van der Waals surface area contributed by atoms with Gasteiger partial charge in [-0.05, 0) is 19.3 Å². The first-order valence-corrected chi connectivity index (χ1v) is 4.07. The van der Waals surface area contributed by atoms with Crippen LogP contribution in [0.5, 0.6) is 0 Å². The highest BCUT2D eigenvalue weighted by molar-refractivity contribution is 4.93. The molecule has 2 nitrogen and oxygen atoms in total. The molecule has 0 radical (unpaired) electrons. The molecule has 0 aromatic rings. The lowest BCUT2D eigenvalue weighted by molar-refractivity contribution is -0.162. The number of rotatable bonds is 2.